The number of phenolic OH excluding ortho intramolecular Hbond substituents is 1. The molecule has 0 saturated carbocycles. The highest BCUT2D eigenvalue weighted by Crippen LogP contribution is 2.24. The Labute approximate surface area is 63.9 Å². The molecule has 0 fully saturated rings. The topological polar surface area (TPSA) is 69.9 Å². The van der Waals surface area contributed by atoms with Crippen LogP contribution >= 0.6 is 0 Å². The van der Waals surface area contributed by atoms with Gasteiger partial charge in [-0.2, -0.15) is 0 Å². The van der Waals surface area contributed by atoms with Crippen LogP contribution in [-0.4, -0.2) is 22.5 Å². The zero-order valence-corrected chi connectivity index (χ0v) is 5.64. The summed E-state index contributed by atoms with van der Waals surface area (Å²) >= 11 is 0. The standard InChI is InChI=1S/C6H7BO4/c8-5-3-1-2-4-6(5)11-7(9)10/h1-4,8-10H. The predicted molar refractivity (Wildman–Crippen MR) is 38.9 cm³/mol. The maximum Gasteiger partial charge on any atom is 0.707 e. The molecule has 0 spiro atoms. The van der Waals surface area contributed by atoms with Crippen molar-refractivity contribution in [3.8, 4) is 11.5 Å². The largest absolute Gasteiger partial charge is 0.707 e. The summed E-state index contributed by atoms with van der Waals surface area (Å²) in [5.74, 6) is -0.0805. The number of hydrogen-bond acceptors (Lipinski definition) is 4. The van der Waals surface area contributed by atoms with Crippen molar-refractivity contribution in [1.82, 2.24) is 0 Å². The van der Waals surface area contributed by atoms with E-state index >= 15 is 0 Å². The zero-order chi connectivity index (χ0) is 8.27. The summed E-state index contributed by atoms with van der Waals surface area (Å²) < 4.78 is 4.41. The van der Waals surface area contributed by atoms with E-state index in [2.05, 4.69) is 4.65 Å². The van der Waals surface area contributed by atoms with E-state index in [4.69, 9.17) is 15.2 Å². The van der Waals surface area contributed by atoms with Gasteiger partial charge in [0.1, 0.15) is 5.75 Å². The van der Waals surface area contributed by atoms with Gasteiger partial charge in [-0.15, -0.1) is 0 Å². The quantitative estimate of drug-likeness (QED) is 0.513. The third-order valence-electron chi connectivity index (χ3n) is 1.10. The van der Waals surface area contributed by atoms with Gasteiger partial charge >= 0.3 is 7.32 Å². The Balaban J connectivity index is 2.78. The molecule has 1 rings (SSSR count). The molecular weight excluding hydrogens is 147 g/mol. The molecule has 0 bridgehead atoms. The molecule has 0 saturated heterocycles. The summed E-state index contributed by atoms with van der Waals surface area (Å²) in [4.78, 5) is 0. The molecule has 0 aromatic heterocycles. The van der Waals surface area contributed by atoms with Crippen LogP contribution in [0.4, 0.5) is 0 Å². The fourth-order valence-electron chi connectivity index (χ4n) is 0.670. The number of rotatable bonds is 2. The molecule has 0 radical (unpaired) electrons. The summed E-state index contributed by atoms with van der Waals surface area (Å²) in [5.41, 5.74) is 0. The molecule has 0 amide bonds. The fourth-order valence-corrected chi connectivity index (χ4v) is 0.670. The second-order valence-electron chi connectivity index (χ2n) is 1.91. The molecule has 1 aromatic rings. The van der Waals surface area contributed by atoms with Crippen LogP contribution in [0.15, 0.2) is 24.3 Å². The second kappa shape index (κ2) is 3.27. The van der Waals surface area contributed by atoms with Crippen LogP contribution < -0.4 is 4.65 Å². The zero-order valence-electron chi connectivity index (χ0n) is 5.64. The van der Waals surface area contributed by atoms with Gasteiger partial charge in [-0.3, -0.25) is 0 Å². The number of para-hydroxylation sites is 2. The Morgan fingerprint density at radius 3 is 2.36 bits per heavy atom. The first-order valence-electron chi connectivity index (χ1n) is 3.01. The summed E-state index contributed by atoms with van der Waals surface area (Å²) in [5, 5.41) is 25.7. The molecule has 0 unspecified atom stereocenters. The predicted octanol–water partition coefficient (Wildman–Crippen LogP) is -0.260. The number of hydrogen-bond donors (Lipinski definition) is 3. The summed E-state index contributed by atoms with van der Waals surface area (Å²) in [7, 11) is -1.90. The van der Waals surface area contributed by atoms with Gasteiger partial charge in [0.05, 0.1) is 0 Å². The van der Waals surface area contributed by atoms with E-state index in [-0.39, 0.29) is 11.5 Å². The first-order valence-corrected chi connectivity index (χ1v) is 3.01. The lowest BCUT2D eigenvalue weighted by Crippen LogP contribution is -2.20. The third kappa shape index (κ3) is 2.14. The normalized spacial score (nSPS) is 9.27. The average Bonchev–Trinajstić information content (AvgIpc) is 1.93. The van der Waals surface area contributed by atoms with Gasteiger partial charge < -0.3 is 19.8 Å². The van der Waals surface area contributed by atoms with E-state index < -0.39 is 7.32 Å². The van der Waals surface area contributed by atoms with Crippen LogP contribution in [0.1, 0.15) is 0 Å². The minimum absolute atomic E-state index is 0.0440. The lowest BCUT2D eigenvalue weighted by Gasteiger charge is -2.04. The van der Waals surface area contributed by atoms with Crippen molar-refractivity contribution in [1.29, 1.82) is 0 Å². The summed E-state index contributed by atoms with van der Waals surface area (Å²) in [6.45, 7) is 0. The lowest BCUT2D eigenvalue weighted by molar-refractivity contribution is 0.281. The molecule has 0 aliphatic carbocycles. The molecule has 3 N–H and O–H groups in total. The van der Waals surface area contributed by atoms with Crippen LogP contribution in [0.2, 0.25) is 0 Å². The van der Waals surface area contributed by atoms with Crippen LogP contribution in [-0.2, 0) is 0 Å². The Kier molecular flexibility index (Phi) is 2.35. The van der Waals surface area contributed by atoms with Crippen LogP contribution in [0.3, 0.4) is 0 Å². The number of benzene rings is 1. The number of phenols is 1. The highest BCUT2D eigenvalue weighted by Gasteiger charge is 2.12. The fraction of sp³-hybridized carbons (Fsp3) is 0. The average molecular weight is 154 g/mol. The van der Waals surface area contributed by atoms with E-state index in [0.29, 0.717) is 0 Å². The molecule has 5 heteroatoms. The summed E-state index contributed by atoms with van der Waals surface area (Å²) in [6, 6.07) is 6.02. The second-order valence-corrected chi connectivity index (χ2v) is 1.91. The highest BCUT2D eigenvalue weighted by atomic mass is 16.6. The monoisotopic (exact) mass is 154 g/mol. The smallest absolute Gasteiger partial charge is 0.509 e. The summed E-state index contributed by atoms with van der Waals surface area (Å²) in [6.07, 6.45) is 0. The van der Waals surface area contributed by atoms with Crippen molar-refractivity contribution >= 4 is 7.32 Å². The van der Waals surface area contributed by atoms with Crippen molar-refractivity contribution in [3.05, 3.63) is 24.3 Å². The minimum Gasteiger partial charge on any atom is -0.509 e. The minimum atomic E-state index is -1.90. The van der Waals surface area contributed by atoms with E-state index in [1.807, 2.05) is 0 Å². The maximum atomic E-state index is 9.01. The van der Waals surface area contributed by atoms with Gasteiger partial charge in [0, 0.05) is 0 Å². The van der Waals surface area contributed by atoms with Crippen molar-refractivity contribution < 1.29 is 19.8 Å². The van der Waals surface area contributed by atoms with Crippen molar-refractivity contribution in [2.24, 2.45) is 0 Å². The van der Waals surface area contributed by atoms with Crippen molar-refractivity contribution in [2.75, 3.05) is 0 Å². The molecule has 0 aliphatic heterocycles. The van der Waals surface area contributed by atoms with Gasteiger partial charge in [-0.1, -0.05) is 12.1 Å². The van der Waals surface area contributed by atoms with Gasteiger partial charge in [0.25, 0.3) is 0 Å². The van der Waals surface area contributed by atoms with Crippen LogP contribution in [0.25, 0.3) is 0 Å². The molecule has 1 aromatic carbocycles. The molecular formula is C6H7BO4. The Hall–Kier alpha value is -1.20. The van der Waals surface area contributed by atoms with Gasteiger partial charge in [0.2, 0.25) is 0 Å². The van der Waals surface area contributed by atoms with E-state index in [1.54, 1.807) is 12.1 Å². The molecule has 0 atom stereocenters. The van der Waals surface area contributed by atoms with Crippen LogP contribution in [0.5, 0.6) is 11.5 Å². The number of aromatic hydroxyl groups is 1. The highest BCUT2D eigenvalue weighted by molar-refractivity contribution is 6.33. The first-order chi connectivity index (χ1) is 5.20. The molecule has 0 heterocycles. The third-order valence-corrected chi connectivity index (χ3v) is 1.10. The van der Waals surface area contributed by atoms with Crippen LogP contribution in [0, 0.1) is 0 Å². The molecule has 11 heavy (non-hydrogen) atoms. The van der Waals surface area contributed by atoms with E-state index in [0.717, 1.165) is 0 Å². The molecule has 58 valence electrons. The first kappa shape index (κ1) is 7.91. The van der Waals surface area contributed by atoms with Crippen molar-refractivity contribution in [2.45, 2.75) is 0 Å². The Bertz CT molecular complexity index is 238. The SMILES string of the molecule is OB(O)Oc1ccccc1O. The van der Waals surface area contributed by atoms with E-state index in [1.165, 1.54) is 12.1 Å². The lowest BCUT2D eigenvalue weighted by atomic mass is 10.2. The molecule has 4 nitrogen and oxygen atoms in total. The maximum absolute atomic E-state index is 9.01. The molecule has 0 aliphatic rings. The van der Waals surface area contributed by atoms with Crippen molar-refractivity contribution in [3.63, 3.8) is 0 Å². The van der Waals surface area contributed by atoms with Gasteiger partial charge in [-0.25, -0.2) is 0 Å². The van der Waals surface area contributed by atoms with Gasteiger partial charge in [0.15, 0.2) is 5.75 Å². The Morgan fingerprint density at radius 2 is 1.82 bits per heavy atom. The Morgan fingerprint density at radius 1 is 1.18 bits per heavy atom. The van der Waals surface area contributed by atoms with Gasteiger partial charge in [-0.05, 0) is 12.1 Å². The van der Waals surface area contributed by atoms with E-state index in [9.17, 15) is 0 Å².